The standard InChI is InChI=1S/C10H7N5O/c11-7-12-10(16)9-6-15(14-13-9)8-4-2-1-3-5-8/h1-6H,(H,12,16). The molecule has 78 valence electrons. The number of nitrogens with one attached hydrogen (secondary N) is 1. The predicted molar refractivity (Wildman–Crippen MR) is 54.4 cm³/mol. The summed E-state index contributed by atoms with van der Waals surface area (Å²) in [6, 6.07) is 9.25. The molecule has 0 saturated carbocycles. The van der Waals surface area contributed by atoms with E-state index in [1.165, 1.54) is 17.1 Å². The molecule has 0 atom stereocenters. The van der Waals surface area contributed by atoms with E-state index in [0.717, 1.165) is 5.69 Å². The monoisotopic (exact) mass is 213 g/mol. The van der Waals surface area contributed by atoms with Gasteiger partial charge in [-0.3, -0.25) is 10.1 Å². The fourth-order valence-electron chi connectivity index (χ4n) is 1.19. The van der Waals surface area contributed by atoms with Crippen LogP contribution in [-0.2, 0) is 0 Å². The SMILES string of the molecule is N#CNC(=O)c1cn(-c2ccccc2)nn1. The Labute approximate surface area is 91.1 Å². The number of para-hydroxylation sites is 1. The molecule has 0 radical (unpaired) electrons. The van der Waals surface area contributed by atoms with E-state index in [0.29, 0.717) is 0 Å². The molecule has 6 nitrogen and oxygen atoms in total. The van der Waals surface area contributed by atoms with Crippen LogP contribution in [0.25, 0.3) is 5.69 Å². The molecule has 0 aliphatic heterocycles. The maximum absolute atomic E-state index is 11.2. The van der Waals surface area contributed by atoms with Crippen LogP contribution >= 0.6 is 0 Å². The predicted octanol–water partition coefficient (Wildman–Crippen LogP) is 0.478. The molecule has 0 spiro atoms. The average Bonchev–Trinajstić information content (AvgIpc) is 2.80. The van der Waals surface area contributed by atoms with Gasteiger partial charge in [-0.1, -0.05) is 23.4 Å². The number of carbonyl (C=O) groups excluding carboxylic acids is 1. The van der Waals surface area contributed by atoms with Gasteiger partial charge in [0, 0.05) is 0 Å². The zero-order valence-corrected chi connectivity index (χ0v) is 8.16. The van der Waals surface area contributed by atoms with Crippen LogP contribution in [-0.4, -0.2) is 20.9 Å². The molecule has 6 heteroatoms. The van der Waals surface area contributed by atoms with Crippen molar-refractivity contribution in [1.82, 2.24) is 20.3 Å². The van der Waals surface area contributed by atoms with E-state index in [-0.39, 0.29) is 5.69 Å². The Balaban J connectivity index is 2.27. The first-order chi connectivity index (χ1) is 7.81. The normalized spacial score (nSPS) is 9.44. The lowest BCUT2D eigenvalue weighted by molar-refractivity contribution is 0.0968. The lowest BCUT2D eigenvalue weighted by Gasteiger charge is -1.96. The first-order valence-corrected chi connectivity index (χ1v) is 4.48. The molecule has 0 aliphatic rings. The highest BCUT2D eigenvalue weighted by molar-refractivity contribution is 5.92. The summed E-state index contributed by atoms with van der Waals surface area (Å²) in [5.74, 6) is -0.565. The molecule has 1 aromatic heterocycles. The number of amides is 1. The minimum absolute atomic E-state index is 0.102. The molecular weight excluding hydrogens is 206 g/mol. The second kappa shape index (κ2) is 4.23. The Hall–Kier alpha value is -2.68. The van der Waals surface area contributed by atoms with E-state index < -0.39 is 5.91 Å². The van der Waals surface area contributed by atoms with Crippen molar-refractivity contribution in [3.63, 3.8) is 0 Å². The van der Waals surface area contributed by atoms with Crippen molar-refractivity contribution < 1.29 is 4.79 Å². The minimum Gasteiger partial charge on any atom is -0.266 e. The number of rotatable bonds is 2. The Kier molecular flexibility index (Phi) is 2.61. The summed E-state index contributed by atoms with van der Waals surface area (Å²) in [4.78, 5) is 11.2. The van der Waals surface area contributed by atoms with Crippen molar-refractivity contribution in [3.8, 4) is 11.9 Å². The van der Waals surface area contributed by atoms with Crippen LogP contribution in [0.5, 0.6) is 0 Å². The van der Waals surface area contributed by atoms with Crippen molar-refractivity contribution in [2.24, 2.45) is 0 Å². The maximum atomic E-state index is 11.2. The van der Waals surface area contributed by atoms with E-state index >= 15 is 0 Å². The number of nitrogens with zero attached hydrogens (tertiary/aromatic N) is 4. The molecule has 0 fully saturated rings. The van der Waals surface area contributed by atoms with Gasteiger partial charge in [0.2, 0.25) is 0 Å². The van der Waals surface area contributed by atoms with Gasteiger partial charge >= 0.3 is 0 Å². The zero-order valence-electron chi connectivity index (χ0n) is 8.16. The minimum atomic E-state index is -0.565. The van der Waals surface area contributed by atoms with Crippen LogP contribution < -0.4 is 5.32 Å². The summed E-state index contributed by atoms with van der Waals surface area (Å²) in [6.07, 6.45) is 3.00. The molecule has 1 aromatic carbocycles. The summed E-state index contributed by atoms with van der Waals surface area (Å²) in [6.45, 7) is 0. The highest BCUT2D eigenvalue weighted by Crippen LogP contribution is 2.05. The number of nitriles is 1. The van der Waals surface area contributed by atoms with Crippen molar-refractivity contribution in [1.29, 1.82) is 5.26 Å². The summed E-state index contributed by atoms with van der Waals surface area (Å²) >= 11 is 0. The molecule has 16 heavy (non-hydrogen) atoms. The quantitative estimate of drug-likeness (QED) is 0.580. The van der Waals surface area contributed by atoms with Gasteiger partial charge in [0.15, 0.2) is 11.9 Å². The van der Waals surface area contributed by atoms with Crippen LogP contribution in [0.1, 0.15) is 10.5 Å². The largest absolute Gasteiger partial charge is 0.286 e. The molecule has 1 amide bonds. The van der Waals surface area contributed by atoms with Crippen LogP contribution in [0.4, 0.5) is 0 Å². The van der Waals surface area contributed by atoms with E-state index in [1.807, 2.05) is 35.6 Å². The number of benzene rings is 1. The lowest BCUT2D eigenvalue weighted by atomic mass is 10.3. The van der Waals surface area contributed by atoms with Gasteiger partial charge in [-0.05, 0) is 12.1 Å². The third kappa shape index (κ3) is 1.88. The molecule has 1 N–H and O–H groups in total. The Bertz CT molecular complexity index is 540. The van der Waals surface area contributed by atoms with Crippen molar-refractivity contribution >= 4 is 5.91 Å². The number of carbonyl (C=O) groups is 1. The molecule has 2 aromatic rings. The van der Waals surface area contributed by atoms with Crippen molar-refractivity contribution in [3.05, 3.63) is 42.2 Å². The van der Waals surface area contributed by atoms with Gasteiger partial charge < -0.3 is 0 Å². The Morgan fingerprint density at radius 1 is 1.38 bits per heavy atom. The van der Waals surface area contributed by atoms with Gasteiger partial charge in [-0.15, -0.1) is 5.10 Å². The van der Waals surface area contributed by atoms with Crippen molar-refractivity contribution in [2.75, 3.05) is 0 Å². The summed E-state index contributed by atoms with van der Waals surface area (Å²) in [5.41, 5.74) is 0.899. The fourth-order valence-corrected chi connectivity index (χ4v) is 1.19. The van der Waals surface area contributed by atoms with Crippen LogP contribution in [0.2, 0.25) is 0 Å². The first-order valence-electron chi connectivity index (χ1n) is 4.48. The Morgan fingerprint density at radius 2 is 2.12 bits per heavy atom. The van der Waals surface area contributed by atoms with Gasteiger partial charge in [0.05, 0.1) is 11.9 Å². The smallest absolute Gasteiger partial charge is 0.266 e. The third-order valence-electron chi connectivity index (χ3n) is 1.92. The van der Waals surface area contributed by atoms with Crippen LogP contribution in [0.3, 0.4) is 0 Å². The van der Waals surface area contributed by atoms with Gasteiger partial charge in [0.25, 0.3) is 5.91 Å². The average molecular weight is 213 g/mol. The topological polar surface area (TPSA) is 83.6 Å². The number of aromatic nitrogens is 3. The molecule has 1 heterocycles. The third-order valence-corrected chi connectivity index (χ3v) is 1.92. The van der Waals surface area contributed by atoms with Crippen LogP contribution in [0.15, 0.2) is 36.5 Å². The molecular formula is C10H7N5O. The summed E-state index contributed by atoms with van der Waals surface area (Å²) < 4.78 is 1.46. The number of hydrogen-bond acceptors (Lipinski definition) is 4. The Morgan fingerprint density at radius 3 is 2.81 bits per heavy atom. The van der Waals surface area contributed by atoms with Crippen LogP contribution in [0, 0.1) is 11.5 Å². The summed E-state index contributed by atoms with van der Waals surface area (Å²) in [7, 11) is 0. The van der Waals surface area contributed by atoms with E-state index in [2.05, 4.69) is 10.3 Å². The fraction of sp³-hybridized carbons (Fsp3) is 0. The van der Waals surface area contributed by atoms with Crippen molar-refractivity contribution in [2.45, 2.75) is 0 Å². The lowest BCUT2D eigenvalue weighted by Crippen LogP contribution is -2.17. The molecule has 0 saturated heterocycles. The number of hydrogen-bond donors (Lipinski definition) is 1. The molecule has 0 unspecified atom stereocenters. The van der Waals surface area contributed by atoms with E-state index in [1.54, 1.807) is 0 Å². The summed E-state index contributed by atoms with van der Waals surface area (Å²) in [5, 5.41) is 17.7. The van der Waals surface area contributed by atoms with E-state index in [9.17, 15) is 4.79 Å². The highest BCUT2D eigenvalue weighted by Gasteiger charge is 2.10. The second-order valence-corrected chi connectivity index (χ2v) is 2.95. The zero-order chi connectivity index (χ0) is 11.4. The second-order valence-electron chi connectivity index (χ2n) is 2.95. The molecule has 2 rings (SSSR count). The van der Waals surface area contributed by atoms with E-state index in [4.69, 9.17) is 5.26 Å². The van der Waals surface area contributed by atoms with Gasteiger partial charge in [-0.25, -0.2) is 4.68 Å². The highest BCUT2D eigenvalue weighted by atomic mass is 16.1. The maximum Gasteiger partial charge on any atom is 0.286 e. The molecule has 0 aliphatic carbocycles. The van der Waals surface area contributed by atoms with Gasteiger partial charge in [0.1, 0.15) is 0 Å². The molecule has 0 bridgehead atoms. The first kappa shape index (κ1) is 9.86. The van der Waals surface area contributed by atoms with Gasteiger partial charge in [-0.2, -0.15) is 5.26 Å².